The van der Waals surface area contributed by atoms with Crippen LogP contribution in [0.1, 0.15) is 43.4 Å². The number of aliphatic imine (C=N–C) groups is 1. The fourth-order valence-electron chi connectivity index (χ4n) is 4.38. The van der Waals surface area contributed by atoms with Crippen LogP contribution in [-0.4, -0.2) is 31.5 Å². The Kier molecular flexibility index (Phi) is 5.96. The lowest BCUT2D eigenvalue weighted by atomic mass is 10.1. The van der Waals surface area contributed by atoms with Crippen LogP contribution in [0.3, 0.4) is 0 Å². The molecule has 1 aromatic heterocycles. The molecule has 6 nitrogen and oxygen atoms in total. The molecular weight excluding hydrogens is 442 g/mol. The van der Waals surface area contributed by atoms with Gasteiger partial charge in [0.25, 0.3) is 5.91 Å². The third-order valence-corrected chi connectivity index (χ3v) is 7.47. The molecule has 172 valence electrons. The Balaban J connectivity index is 1.52. The zero-order valence-electron chi connectivity index (χ0n) is 19.6. The minimum atomic E-state index is -0.389. The Hall–Kier alpha value is -3.45. The van der Waals surface area contributed by atoms with Gasteiger partial charge in [-0.15, -0.1) is 0 Å². The van der Waals surface area contributed by atoms with E-state index in [-0.39, 0.29) is 17.3 Å². The normalized spacial score (nSPS) is 17.1. The Morgan fingerprint density at radius 3 is 2.56 bits per heavy atom. The first kappa shape index (κ1) is 22.3. The third-order valence-electron chi connectivity index (χ3n) is 6.40. The third kappa shape index (κ3) is 4.01. The molecule has 1 amide bonds. The highest BCUT2D eigenvalue weighted by molar-refractivity contribution is 8.27. The summed E-state index contributed by atoms with van der Waals surface area (Å²) in [5.41, 5.74) is 4.68. The lowest BCUT2D eigenvalue weighted by Gasteiger charge is -2.20. The molecule has 2 aliphatic rings. The number of amidine groups is 2. The molecule has 1 N–H and O–H groups in total. The van der Waals surface area contributed by atoms with Crippen LogP contribution < -0.4 is 0 Å². The lowest BCUT2D eigenvalue weighted by molar-refractivity contribution is -0.114. The van der Waals surface area contributed by atoms with Crippen LogP contribution in [0.5, 0.6) is 0 Å². The number of carbonyl (C=O) groups excluding carboxylic acids is 1. The van der Waals surface area contributed by atoms with Crippen LogP contribution in [0.15, 0.2) is 70.4 Å². The van der Waals surface area contributed by atoms with Gasteiger partial charge in [-0.3, -0.25) is 10.2 Å². The van der Waals surface area contributed by atoms with Gasteiger partial charge >= 0.3 is 0 Å². The van der Waals surface area contributed by atoms with E-state index in [1.54, 1.807) is 6.08 Å². The number of hydrogen-bond acceptors (Lipinski definition) is 4. The minimum Gasteiger partial charge on any atom is -0.342 e. The van der Waals surface area contributed by atoms with Gasteiger partial charge in [0.05, 0.1) is 5.57 Å². The molecule has 3 heterocycles. The van der Waals surface area contributed by atoms with Crippen molar-refractivity contribution in [3.63, 3.8) is 0 Å². The van der Waals surface area contributed by atoms with Crippen LogP contribution in [-0.2, 0) is 11.3 Å². The number of nitrogens with one attached hydrogen (secondary N) is 1. The van der Waals surface area contributed by atoms with Gasteiger partial charge in [0, 0.05) is 35.1 Å². The first-order chi connectivity index (χ1) is 16.5. The van der Waals surface area contributed by atoms with Crippen molar-refractivity contribution in [3.05, 3.63) is 77.0 Å². The van der Waals surface area contributed by atoms with Gasteiger partial charge in [-0.2, -0.15) is 15.1 Å². The van der Waals surface area contributed by atoms with E-state index in [0.717, 1.165) is 40.9 Å². The Morgan fingerprint density at radius 2 is 1.82 bits per heavy atom. The number of para-hydroxylation sites is 1. The van der Waals surface area contributed by atoms with Crippen molar-refractivity contribution < 1.29 is 4.79 Å². The molecule has 0 unspecified atom stereocenters. The number of amides is 1. The van der Waals surface area contributed by atoms with Gasteiger partial charge in [-0.1, -0.05) is 61.9 Å². The molecule has 0 spiro atoms. The largest absolute Gasteiger partial charge is 0.342 e. The molecular formula is C27H27N5OS. The number of benzene rings is 2. The van der Waals surface area contributed by atoms with Gasteiger partial charge in [0.2, 0.25) is 5.17 Å². The first-order valence-electron chi connectivity index (χ1n) is 11.6. The highest BCUT2D eigenvalue weighted by Crippen LogP contribution is 2.33. The number of fused-ring (bicyclic) bond motifs is 2. The lowest BCUT2D eigenvalue weighted by Crippen LogP contribution is -2.35. The van der Waals surface area contributed by atoms with Crippen LogP contribution in [0.2, 0.25) is 0 Å². The van der Waals surface area contributed by atoms with E-state index in [0.29, 0.717) is 11.1 Å². The molecule has 5 rings (SSSR count). The van der Waals surface area contributed by atoms with Crippen LogP contribution in [0, 0.1) is 18.3 Å². The molecule has 0 atom stereocenters. The molecule has 0 saturated carbocycles. The van der Waals surface area contributed by atoms with Crippen molar-refractivity contribution in [1.82, 2.24) is 9.58 Å². The fraction of sp³-hybridized carbons (Fsp3) is 0.259. The number of hydrazone groups is 1. The van der Waals surface area contributed by atoms with E-state index in [4.69, 9.17) is 5.41 Å². The molecule has 34 heavy (non-hydrogen) atoms. The van der Waals surface area contributed by atoms with E-state index in [9.17, 15) is 4.79 Å². The summed E-state index contributed by atoms with van der Waals surface area (Å²) in [6.45, 7) is 7.07. The summed E-state index contributed by atoms with van der Waals surface area (Å²) < 4.78 is 2.19. The standard InChI is InChI=1S/C27H27N5OS/c1-4-19(5-2)26-30-32-24(28)22(25(33)29-27(32)34-26)14-20-16-31(23-9-7-6-8-21(20)23)15-18-12-10-17(3)11-13-18/h6-14,16,19,28H,4-5,15H2,1-3H3. The number of nitrogens with zero attached hydrogens (tertiary/aromatic N) is 4. The number of aryl methyl sites for hydroxylation is 1. The summed E-state index contributed by atoms with van der Waals surface area (Å²) >= 11 is 1.41. The number of aromatic nitrogens is 1. The molecule has 0 aliphatic carbocycles. The minimum absolute atomic E-state index is 0.0822. The topological polar surface area (TPSA) is 73.8 Å². The highest BCUT2D eigenvalue weighted by Gasteiger charge is 2.37. The highest BCUT2D eigenvalue weighted by atomic mass is 32.2. The van der Waals surface area contributed by atoms with Gasteiger partial charge < -0.3 is 4.57 Å². The molecule has 0 saturated heterocycles. The Morgan fingerprint density at radius 1 is 1.09 bits per heavy atom. The van der Waals surface area contributed by atoms with Crippen molar-refractivity contribution >= 4 is 50.7 Å². The predicted octanol–water partition coefficient (Wildman–Crippen LogP) is 6.05. The van der Waals surface area contributed by atoms with Gasteiger partial charge in [0.15, 0.2) is 5.84 Å². The van der Waals surface area contributed by atoms with E-state index >= 15 is 0 Å². The molecule has 3 aromatic rings. The summed E-state index contributed by atoms with van der Waals surface area (Å²) in [4.78, 5) is 17.2. The van der Waals surface area contributed by atoms with Crippen molar-refractivity contribution in [1.29, 1.82) is 5.41 Å². The monoisotopic (exact) mass is 469 g/mol. The maximum Gasteiger partial charge on any atom is 0.283 e. The van der Waals surface area contributed by atoms with Crippen LogP contribution >= 0.6 is 11.8 Å². The number of carbonyl (C=O) groups is 1. The summed E-state index contributed by atoms with van der Waals surface area (Å²) in [5, 5.41) is 17.3. The molecule has 0 fully saturated rings. The second kappa shape index (κ2) is 9.06. The molecule has 7 heteroatoms. The zero-order chi connectivity index (χ0) is 23.8. The zero-order valence-corrected chi connectivity index (χ0v) is 20.4. The average molecular weight is 470 g/mol. The molecule has 0 bridgehead atoms. The summed E-state index contributed by atoms with van der Waals surface area (Å²) in [6.07, 6.45) is 5.77. The van der Waals surface area contributed by atoms with Crippen molar-refractivity contribution in [2.45, 2.75) is 40.2 Å². The van der Waals surface area contributed by atoms with Crippen molar-refractivity contribution in [2.75, 3.05) is 0 Å². The quantitative estimate of drug-likeness (QED) is 0.446. The van der Waals surface area contributed by atoms with Gasteiger partial charge in [-0.25, -0.2) is 0 Å². The van der Waals surface area contributed by atoms with Crippen LogP contribution in [0.25, 0.3) is 17.0 Å². The summed E-state index contributed by atoms with van der Waals surface area (Å²) in [5.74, 6) is 0.00677. The Bertz CT molecular complexity index is 1380. The van der Waals surface area contributed by atoms with E-state index in [1.807, 2.05) is 18.2 Å². The summed E-state index contributed by atoms with van der Waals surface area (Å²) in [6, 6.07) is 16.7. The van der Waals surface area contributed by atoms with E-state index in [2.05, 4.69) is 72.0 Å². The maximum atomic E-state index is 12.9. The van der Waals surface area contributed by atoms with Crippen LogP contribution in [0.4, 0.5) is 0 Å². The number of rotatable bonds is 6. The average Bonchev–Trinajstić information content (AvgIpc) is 3.41. The fourth-order valence-corrected chi connectivity index (χ4v) is 5.53. The van der Waals surface area contributed by atoms with Crippen molar-refractivity contribution in [2.24, 2.45) is 16.0 Å². The maximum absolute atomic E-state index is 12.9. The smallest absolute Gasteiger partial charge is 0.283 e. The second-order valence-corrected chi connectivity index (χ2v) is 9.67. The first-order valence-corrected chi connectivity index (χ1v) is 12.4. The predicted molar refractivity (Wildman–Crippen MR) is 141 cm³/mol. The van der Waals surface area contributed by atoms with Gasteiger partial charge in [-0.05, 0) is 49.2 Å². The molecule has 2 aliphatic heterocycles. The van der Waals surface area contributed by atoms with Gasteiger partial charge in [0.1, 0.15) is 5.04 Å². The second-order valence-electron chi connectivity index (χ2n) is 8.69. The summed E-state index contributed by atoms with van der Waals surface area (Å²) in [7, 11) is 0. The van der Waals surface area contributed by atoms with E-state index < -0.39 is 0 Å². The Labute approximate surface area is 203 Å². The molecule has 0 radical (unpaired) electrons. The number of thioether (sulfide) groups is 1. The van der Waals surface area contributed by atoms with Crippen molar-refractivity contribution in [3.8, 4) is 0 Å². The van der Waals surface area contributed by atoms with E-state index in [1.165, 1.54) is 27.9 Å². The number of hydrogen-bond donors (Lipinski definition) is 1. The molecule has 2 aromatic carbocycles. The SMILES string of the molecule is CCC(CC)C1=NN2C(=N)C(=Cc3cn(Cc4ccc(C)cc4)c4ccccc34)C(=O)N=C2S1.